The number of nitro groups is 1. The van der Waals surface area contributed by atoms with Gasteiger partial charge in [-0.1, -0.05) is 42.5 Å². The largest absolute Gasteiger partial charge is 0.393 e. The molecule has 1 amide bonds. The number of nitrogens with zero attached hydrogens (tertiary/aromatic N) is 1. The number of fused-ring (bicyclic) bond motifs is 1. The van der Waals surface area contributed by atoms with Crippen LogP contribution in [0.3, 0.4) is 0 Å². The van der Waals surface area contributed by atoms with Crippen LogP contribution in [0.15, 0.2) is 60.7 Å². The number of nitrogens with two attached hydrogens (primary N) is 1. The van der Waals surface area contributed by atoms with Crippen molar-refractivity contribution in [2.24, 2.45) is 0 Å². The molecule has 3 N–H and O–H groups in total. The van der Waals surface area contributed by atoms with Crippen LogP contribution in [0.5, 0.6) is 0 Å². The number of nitro benzene ring substituents is 1. The predicted octanol–water partition coefficient (Wildman–Crippen LogP) is 3.54. The second kappa shape index (κ2) is 7.02. The molecule has 7 nitrogen and oxygen atoms in total. The van der Waals surface area contributed by atoms with Crippen molar-refractivity contribution in [3.8, 4) is 0 Å². The second-order valence-electron chi connectivity index (χ2n) is 5.71. The number of carbonyl (C=O) groups is 2. The number of amides is 1. The number of rotatable bonds is 5. The Labute approximate surface area is 148 Å². The van der Waals surface area contributed by atoms with E-state index in [4.69, 9.17) is 5.73 Å². The molecule has 0 bridgehead atoms. The van der Waals surface area contributed by atoms with E-state index in [1.807, 2.05) is 30.3 Å². The van der Waals surface area contributed by atoms with Crippen LogP contribution in [-0.4, -0.2) is 16.6 Å². The number of hydrogen-bond acceptors (Lipinski definition) is 5. The van der Waals surface area contributed by atoms with Gasteiger partial charge >= 0.3 is 0 Å². The molecule has 130 valence electrons. The van der Waals surface area contributed by atoms with E-state index in [0.29, 0.717) is 5.56 Å². The topological polar surface area (TPSA) is 115 Å². The lowest BCUT2D eigenvalue weighted by Crippen LogP contribution is -2.17. The van der Waals surface area contributed by atoms with Gasteiger partial charge in [0.05, 0.1) is 11.3 Å². The van der Waals surface area contributed by atoms with Gasteiger partial charge in [0.2, 0.25) is 5.91 Å². The third-order valence-electron chi connectivity index (χ3n) is 3.92. The van der Waals surface area contributed by atoms with Crippen LogP contribution < -0.4 is 11.1 Å². The predicted molar refractivity (Wildman–Crippen MR) is 99.0 cm³/mol. The monoisotopic (exact) mass is 349 g/mol. The summed E-state index contributed by atoms with van der Waals surface area (Å²) in [6, 6.07) is 16.7. The summed E-state index contributed by atoms with van der Waals surface area (Å²) >= 11 is 0. The second-order valence-corrected chi connectivity index (χ2v) is 5.71. The zero-order chi connectivity index (χ0) is 18.7. The van der Waals surface area contributed by atoms with Crippen molar-refractivity contribution >= 4 is 39.5 Å². The van der Waals surface area contributed by atoms with Crippen molar-refractivity contribution in [3.05, 3.63) is 76.3 Å². The highest BCUT2D eigenvalue weighted by atomic mass is 16.6. The fraction of sp³-hybridized carbons (Fsp3) is 0.0526. The maximum absolute atomic E-state index is 12.5. The van der Waals surface area contributed by atoms with E-state index in [1.54, 1.807) is 12.1 Å². The molecule has 0 heterocycles. The summed E-state index contributed by atoms with van der Waals surface area (Å²) in [5.74, 6) is -0.883. The lowest BCUT2D eigenvalue weighted by molar-refractivity contribution is -0.383. The van der Waals surface area contributed by atoms with Crippen molar-refractivity contribution in [1.29, 1.82) is 0 Å². The molecule has 0 spiro atoms. The Bertz CT molecular complexity index is 1020. The molecular formula is C19H15N3O4. The van der Waals surface area contributed by atoms with Crippen LogP contribution in [0.4, 0.5) is 17.1 Å². The highest BCUT2D eigenvalue weighted by molar-refractivity contribution is 6.16. The quantitative estimate of drug-likeness (QED) is 0.240. The van der Waals surface area contributed by atoms with E-state index in [0.717, 1.165) is 16.8 Å². The molecule has 0 aliphatic rings. The first kappa shape index (κ1) is 17.1. The highest BCUT2D eigenvalue weighted by Crippen LogP contribution is 2.25. The average molecular weight is 349 g/mol. The molecule has 3 aromatic carbocycles. The van der Waals surface area contributed by atoms with Crippen LogP contribution in [0.25, 0.3) is 10.8 Å². The molecule has 3 aromatic rings. The van der Waals surface area contributed by atoms with Crippen molar-refractivity contribution < 1.29 is 14.5 Å². The van der Waals surface area contributed by atoms with Crippen molar-refractivity contribution in [1.82, 2.24) is 0 Å². The average Bonchev–Trinajstić information content (AvgIpc) is 2.62. The number of benzene rings is 3. The molecule has 0 aliphatic carbocycles. The molecule has 0 atom stereocenters. The number of carbonyl (C=O) groups excluding carboxylic acids is 2. The first-order valence-corrected chi connectivity index (χ1v) is 7.80. The Morgan fingerprint density at radius 3 is 2.54 bits per heavy atom. The Balaban J connectivity index is 1.77. The number of hydrogen-bond donors (Lipinski definition) is 2. The number of Topliss-reactive ketones (excluding diaryl/α,β-unsaturated/α-hetero) is 1. The normalized spacial score (nSPS) is 10.5. The van der Waals surface area contributed by atoms with Crippen LogP contribution >= 0.6 is 0 Å². The molecule has 0 fully saturated rings. The number of nitrogens with one attached hydrogen (secondary N) is 1. The van der Waals surface area contributed by atoms with Crippen molar-refractivity contribution in [3.63, 3.8) is 0 Å². The summed E-state index contributed by atoms with van der Waals surface area (Å²) in [6.45, 7) is 0. The molecule has 3 rings (SSSR count). The maximum atomic E-state index is 12.5. The van der Waals surface area contributed by atoms with Crippen LogP contribution in [0.1, 0.15) is 16.8 Å². The summed E-state index contributed by atoms with van der Waals surface area (Å²) in [5, 5.41) is 15.1. The molecule has 0 saturated heterocycles. The van der Waals surface area contributed by atoms with Gasteiger partial charge in [-0.3, -0.25) is 19.7 Å². The van der Waals surface area contributed by atoms with E-state index in [2.05, 4.69) is 5.32 Å². The smallest absolute Gasteiger partial charge is 0.294 e. The minimum absolute atomic E-state index is 0.000157. The lowest BCUT2D eigenvalue weighted by Gasteiger charge is -2.08. The SMILES string of the molecule is Nc1ccc(NC(=O)CC(=O)c2cccc3ccccc23)cc1[N+](=O)[O-]. The molecule has 0 unspecified atom stereocenters. The highest BCUT2D eigenvalue weighted by Gasteiger charge is 2.16. The van der Waals surface area contributed by atoms with E-state index in [-0.39, 0.29) is 29.3 Å². The number of anilines is 2. The van der Waals surface area contributed by atoms with Gasteiger partial charge in [0.1, 0.15) is 5.69 Å². The zero-order valence-electron chi connectivity index (χ0n) is 13.6. The fourth-order valence-corrected chi connectivity index (χ4v) is 2.69. The van der Waals surface area contributed by atoms with E-state index < -0.39 is 10.8 Å². The van der Waals surface area contributed by atoms with Gasteiger partial charge in [0, 0.05) is 17.3 Å². The zero-order valence-corrected chi connectivity index (χ0v) is 13.6. The molecular weight excluding hydrogens is 334 g/mol. The van der Waals surface area contributed by atoms with Gasteiger partial charge in [-0.05, 0) is 22.9 Å². The number of nitrogen functional groups attached to an aromatic ring is 1. The van der Waals surface area contributed by atoms with Gasteiger partial charge in [-0.15, -0.1) is 0 Å². The Kier molecular flexibility index (Phi) is 4.62. The molecule has 26 heavy (non-hydrogen) atoms. The minimum Gasteiger partial charge on any atom is -0.393 e. The fourth-order valence-electron chi connectivity index (χ4n) is 2.69. The Hall–Kier alpha value is -3.74. The van der Waals surface area contributed by atoms with Gasteiger partial charge < -0.3 is 11.1 Å². The van der Waals surface area contributed by atoms with Gasteiger partial charge in [-0.2, -0.15) is 0 Å². The summed E-state index contributed by atoms with van der Waals surface area (Å²) in [4.78, 5) is 34.9. The summed E-state index contributed by atoms with van der Waals surface area (Å²) in [7, 11) is 0. The first-order chi connectivity index (χ1) is 12.5. The van der Waals surface area contributed by atoms with Gasteiger partial charge in [-0.25, -0.2) is 0 Å². The molecule has 7 heteroatoms. The molecule has 0 saturated carbocycles. The van der Waals surface area contributed by atoms with E-state index in [1.165, 1.54) is 12.1 Å². The van der Waals surface area contributed by atoms with Crippen molar-refractivity contribution in [2.75, 3.05) is 11.1 Å². The van der Waals surface area contributed by atoms with Crippen LogP contribution in [0.2, 0.25) is 0 Å². The molecule has 0 aliphatic heterocycles. The third kappa shape index (κ3) is 3.51. The molecule has 0 aromatic heterocycles. The van der Waals surface area contributed by atoms with Crippen LogP contribution in [0, 0.1) is 10.1 Å². The van der Waals surface area contributed by atoms with Gasteiger partial charge in [0.25, 0.3) is 5.69 Å². The third-order valence-corrected chi connectivity index (χ3v) is 3.92. The Morgan fingerprint density at radius 2 is 1.77 bits per heavy atom. The minimum atomic E-state index is -0.633. The first-order valence-electron chi connectivity index (χ1n) is 7.80. The van der Waals surface area contributed by atoms with Gasteiger partial charge in [0.15, 0.2) is 5.78 Å². The van der Waals surface area contributed by atoms with E-state index in [9.17, 15) is 19.7 Å². The summed E-state index contributed by atoms with van der Waals surface area (Å²) in [5.41, 5.74) is 5.89. The standard InChI is InChI=1S/C19H15N3O4/c20-16-9-8-13(10-17(16)22(25)26)21-19(24)11-18(23)15-7-3-5-12-4-1-2-6-14(12)15/h1-10H,11,20H2,(H,21,24). The lowest BCUT2D eigenvalue weighted by atomic mass is 10.00. The Morgan fingerprint density at radius 1 is 1.04 bits per heavy atom. The van der Waals surface area contributed by atoms with E-state index >= 15 is 0 Å². The summed E-state index contributed by atoms with van der Waals surface area (Å²) in [6.07, 6.45) is -0.369. The van der Waals surface area contributed by atoms with Crippen LogP contribution in [-0.2, 0) is 4.79 Å². The summed E-state index contributed by atoms with van der Waals surface area (Å²) < 4.78 is 0. The number of ketones is 1. The molecule has 0 radical (unpaired) electrons. The maximum Gasteiger partial charge on any atom is 0.294 e. The van der Waals surface area contributed by atoms with Crippen molar-refractivity contribution in [2.45, 2.75) is 6.42 Å².